The van der Waals surface area contributed by atoms with Gasteiger partial charge in [0.2, 0.25) is 5.79 Å². The second-order valence-corrected chi connectivity index (χ2v) is 4.63. The molecule has 0 bridgehead atoms. The van der Waals surface area contributed by atoms with E-state index in [0.29, 0.717) is 0 Å². The highest BCUT2D eigenvalue weighted by Gasteiger charge is 2.57. The molecule has 1 rings (SSSR count). The highest BCUT2D eigenvalue weighted by atomic mass is 17.4. The van der Waals surface area contributed by atoms with Gasteiger partial charge < -0.3 is 0 Å². The molecule has 0 N–H and O–H groups in total. The monoisotopic (exact) mass is 172 g/mol. The van der Waals surface area contributed by atoms with Gasteiger partial charge in [-0.25, -0.2) is 0 Å². The summed E-state index contributed by atoms with van der Waals surface area (Å²) in [6, 6.07) is 0. The standard InChI is InChI=1S/C10H20O2/c1-5-6-7-8-10(11-12-10)9(2,3)4/h5-8H2,1-4H3. The third-order valence-electron chi connectivity index (χ3n) is 2.54. The third kappa shape index (κ3) is 1.99. The Morgan fingerprint density at radius 3 is 2.00 bits per heavy atom. The summed E-state index contributed by atoms with van der Waals surface area (Å²) >= 11 is 0. The molecule has 1 saturated heterocycles. The molecule has 0 aromatic rings. The lowest BCUT2D eigenvalue weighted by Crippen LogP contribution is -2.29. The van der Waals surface area contributed by atoms with Crippen molar-refractivity contribution >= 4 is 0 Å². The van der Waals surface area contributed by atoms with Crippen molar-refractivity contribution in [3.8, 4) is 0 Å². The number of hydrogen-bond acceptors (Lipinski definition) is 2. The molecule has 2 heteroatoms. The summed E-state index contributed by atoms with van der Waals surface area (Å²) < 4.78 is 0. The van der Waals surface area contributed by atoms with Crippen LogP contribution in [0.1, 0.15) is 53.4 Å². The molecule has 0 radical (unpaired) electrons. The second-order valence-electron chi connectivity index (χ2n) is 4.63. The first-order valence-corrected chi connectivity index (χ1v) is 4.89. The molecule has 0 atom stereocenters. The van der Waals surface area contributed by atoms with E-state index in [1.54, 1.807) is 0 Å². The zero-order valence-corrected chi connectivity index (χ0v) is 8.64. The van der Waals surface area contributed by atoms with E-state index < -0.39 is 0 Å². The van der Waals surface area contributed by atoms with Crippen LogP contribution in [0.25, 0.3) is 0 Å². The van der Waals surface area contributed by atoms with Crippen LogP contribution >= 0.6 is 0 Å². The molecule has 1 fully saturated rings. The van der Waals surface area contributed by atoms with E-state index >= 15 is 0 Å². The average molecular weight is 172 g/mol. The van der Waals surface area contributed by atoms with Crippen molar-refractivity contribution in [2.24, 2.45) is 5.41 Å². The number of rotatable bonds is 4. The van der Waals surface area contributed by atoms with E-state index in [2.05, 4.69) is 27.7 Å². The molecule has 0 aliphatic carbocycles. The predicted octanol–water partition coefficient (Wildman–Crippen LogP) is 3.27. The smallest absolute Gasteiger partial charge is 0.194 e. The van der Waals surface area contributed by atoms with Gasteiger partial charge in [-0.3, -0.25) is 0 Å². The van der Waals surface area contributed by atoms with E-state index in [9.17, 15) is 0 Å². The lowest BCUT2D eigenvalue weighted by Gasteiger charge is -2.22. The molecule has 0 amide bonds. The first-order chi connectivity index (χ1) is 5.52. The lowest BCUT2D eigenvalue weighted by molar-refractivity contribution is 0.0850. The molecule has 72 valence electrons. The van der Waals surface area contributed by atoms with Crippen LogP contribution in [0.5, 0.6) is 0 Å². The molecular formula is C10H20O2. The van der Waals surface area contributed by atoms with E-state index in [1.807, 2.05) is 0 Å². The van der Waals surface area contributed by atoms with E-state index in [4.69, 9.17) is 9.78 Å². The maximum atomic E-state index is 5.11. The summed E-state index contributed by atoms with van der Waals surface area (Å²) in [5.41, 5.74) is 0.112. The molecule has 0 saturated carbocycles. The largest absolute Gasteiger partial charge is 0.238 e. The van der Waals surface area contributed by atoms with Crippen LogP contribution < -0.4 is 0 Å². The van der Waals surface area contributed by atoms with Crippen molar-refractivity contribution in [2.75, 3.05) is 0 Å². The minimum Gasteiger partial charge on any atom is -0.194 e. The minimum atomic E-state index is -0.262. The van der Waals surface area contributed by atoms with Crippen molar-refractivity contribution in [1.82, 2.24) is 0 Å². The fraction of sp³-hybridized carbons (Fsp3) is 1.00. The molecule has 0 spiro atoms. The SMILES string of the molecule is CCCCCC1(C(C)(C)C)OO1. The zero-order chi connectivity index (χ0) is 9.24. The zero-order valence-electron chi connectivity index (χ0n) is 8.64. The maximum Gasteiger partial charge on any atom is 0.238 e. The van der Waals surface area contributed by atoms with Crippen LogP contribution in [0, 0.1) is 5.41 Å². The van der Waals surface area contributed by atoms with E-state index in [1.165, 1.54) is 19.3 Å². The molecule has 1 aliphatic heterocycles. The highest BCUT2D eigenvalue weighted by Crippen LogP contribution is 2.49. The number of hydrogen-bond donors (Lipinski definition) is 0. The van der Waals surface area contributed by atoms with Crippen LogP contribution in [0.2, 0.25) is 0 Å². The Morgan fingerprint density at radius 1 is 1.08 bits per heavy atom. The first-order valence-electron chi connectivity index (χ1n) is 4.89. The van der Waals surface area contributed by atoms with Gasteiger partial charge in [-0.05, 0) is 6.42 Å². The quantitative estimate of drug-likeness (QED) is 0.369. The van der Waals surface area contributed by atoms with Crippen molar-refractivity contribution < 1.29 is 9.78 Å². The molecular weight excluding hydrogens is 152 g/mol. The molecule has 1 aliphatic rings. The summed E-state index contributed by atoms with van der Waals surface area (Å²) in [6.07, 6.45) is 4.75. The van der Waals surface area contributed by atoms with Crippen molar-refractivity contribution in [1.29, 1.82) is 0 Å². The molecule has 0 aromatic carbocycles. The Hall–Kier alpha value is -0.0800. The first kappa shape index (κ1) is 10.0. The topological polar surface area (TPSA) is 25.1 Å². The van der Waals surface area contributed by atoms with Crippen LogP contribution in [0.4, 0.5) is 0 Å². The summed E-state index contributed by atoms with van der Waals surface area (Å²) in [6.45, 7) is 8.68. The minimum absolute atomic E-state index is 0.112. The fourth-order valence-corrected chi connectivity index (χ4v) is 1.37. The van der Waals surface area contributed by atoms with Gasteiger partial charge in [0.05, 0.1) is 0 Å². The van der Waals surface area contributed by atoms with Crippen LogP contribution in [0.3, 0.4) is 0 Å². The van der Waals surface area contributed by atoms with Crippen LogP contribution in [0.15, 0.2) is 0 Å². The van der Waals surface area contributed by atoms with Crippen molar-refractivity contribution in [2.45, 2.75) is 59.2 Å². The van der Waals surface area contributed by atoms with Gasteiger partial charge in [0, 0.05) is 11.8 Å². The number of unbranched alkanes of at least 4 members (excludes halogenated alkanes) is 2. The van der Waals surface area contributed by atoms with Crippen molar-refractivity contribution in [3.05, 3.63) is 0 Å². The molecule has 2 nitrogen and oxygen atoms in total. The van der Waals surface area contributed by atoms with Crippen LogP contribution in [-0.2, 0) is 9.78 Å². The molecule has 12 heavy (non-hydrogen) atoms. The van der Waals surface area contributed by atoms with Crippen molar-refractivity contribution in [3.63, 3.8) is 0 Å². The summed E-state index contributed by atoms with van der Waals surface area (Å²) in [7, 11) is 0. The second kappa shape index (κ2) is 3.35. The van der Waals surface area contributed by atoms with Gasteiger partial charge in [0.1, 0.15) is 0 Å². The Kier molecular flexibility index (Phi) is 2.79. The van der Waals surface area contributed by atoms with Gasteiger partial charge in [0.25, 0.3) is 0 Å². The van der Waals surface area contributed by atoms with E-state index in [0.717, 1.165) is 6.42 Å². The van der Waals surface area contributed by atoms with Gasteiger partial charge >= 0.3 is 0 Å². The van der Waals surface area contributed by atoms with Gasteiger partial charge in [-0.15, -0.1) is 0 Å². The average Bonchev–Trinajstić information content (AvgIpc) is 2.67. The highest BCUT2D eigenvalue weighted by molar-refractivity contribution is 4.87. The summed E-state index contributed by atoms with van der Waals surface area (Å²) in [5, 5.41) is 0. The summed E-state index contributed by atoms with van der Waals surface area (Å²) in [4.78, 5) is 10.2. The Labute approximate surface area is 75.2 Å². The molecule has 0 unspecified atom stereocenters. The Morgan fingerprint density at radius 2 is 1.67 bits per heavy atom. The van der Waals surface area contributed by atoms with E-state index in [-0.39, 0.29) is 11.2 Å². The van der Waals surface area contributed by atoms with Gasteiger partial charge in [-0.2, -0.15) is 9.78 Å². The van der Waals surface area contributed by atoms with Crippen LogP contribution in [-0.4, -0.2) is 5.79 Å². The molecule has 0 aromatic heterocycles. The fourth-order valence-electron chi connectivity index (χ4n) is 1.37. The third-order valence-corrected chi connectivity index (χ3v) is 2.54. The lowest BCUT2D eigenvalue weighted by atomic mass is 9.83. The molecule has 1 heterocycles. The Bertz CT molecular complexity index is 142. The van der Waals surface area contributed by atoms with Gasteiger partial charge in [-0.1, -0.05) is 40.5 Å². The van der Waals surface area contributed by atoms with Gasteiger partial charge in [0.15, 0.2) is 0 Å². The normalized spacial score (nSPS) is 21.0. The maximum absolute atomic E-state index is 5.11. The predicted molar refractivity (Wildman–Crippen MR) is 48.5 cm³/mol. The Balaban J connectivity index is 2.30. The summed E-state index contributed by atoms with van der Waals surface area (Å²) in [5.74, 6) is -0.262.